The summed E-state index contributed by atoms with van der Waals surface area (Å²) in [7, 11) is 0. The average molecular weight is 428 g/mol. The average Bonchev–Trinajstić information content (AvgIpc) is 2.46. The minimum atomic E-state index is 0. The Kier molecular flexibility index (Phi) is 12.3. The van der Waals surface area contributed by atoms with Crippen LogP contribution in [0.5, 0.6) is 0 Å². The summed E-state index contributed by atoms with van der Waals surface area (Å²) in [4.78, 5) is 20.2. The Morgan fingerprint density at radius 3 is 2.33 bits per heavy atom. The van der Waals surface area contributed by atoms with Crippen molar-refractivity contribution < 1.29 is 4.79 Å². The van der Waals surface area contributed by atoms with E-state index in [1.165, 1.54) is 12.2 Å². The van der Waals surface area contributed by atoms with Crippen LogP contribution in [0.25, 0.3) is 0 Å². The van der Waals surface area contributed by atoms with E-state index >= 15 is 0 Å². The molecule has 0 aliphatic carbocycles. The molecule has 5 nitrogen and oxygen atoms in total. The first kappa shape index (κ1) is 20.8. The fraction of sp³-hybridized carbons (Fsp3) is 0.857. The molecule has 0 aromatic rings. The van der Waals surface area contributed by atoms with Crippen LogP contribution in [0.15, 0.2) is 4.99 Å². The van der Waals surface area contributed by atoms with E-state index < -0.39 is 0 Å². The number of guanidine groups is 1. The third-order valence-corrected chi connectivity index (χ3v) is 4.07. The van der Waals surface area contributed by atoms with Gasteiger partial charge in [0.05, 0.1) is 0 Å². The number of piperazine rings is 1. The predicted molar refractivity (Wildman–Crippen MR) is 103 cm³/mol. The second-order valence-electron chi connectivity index (χ2n) is 4.93. The molecule has 0 saturated carbocycles. The lowest BCUT2D eigenvalue weighted by molar-refractivity contribution is -0.130. The summed E-state index contributed by atoms with van der Waals surface area (Å²) >= 11 is 1.89. The van der Waals surface area contributed by atoms with Crippen molar-refractivity contribution >= 4 is 47.6 Å². The van der Waals surface area contributed by atoms with E-state index in [-0.39, 0.29) is 29.9 Å². The van der Waals surface area contributed by atoms with Gasteiger partial charge >= 0.3 is 0 Å². The van der Waals surface area contributed by atoms with Crippen molar-refractivity contribution in [3.63, 3.8) is 0 Å². The van der Waals surface area contributed by atoms with Crippen LogP contribution >= 0.6 is 35.7 Å². The Hall–Kier alpha value is -0.180. The summed E-state index contributed by atoms with van der Waals surface area (Å²) in [6, 6.07) is 0. The van der Waals surface area contributed by atoms with Gasteiger partial charge in [-0.15, -0.1) is 24.0 Å². The number of amides is 1. The second kappa shape index (κ2) is 12.4. The molecule has 1 heterocycles. The number of hydrogen-bond donors (Lipinski definition) is 1. The zero-order chi connectivity index (χ0) is 14.8. The van der Waals surface area contributed by atoms with Gasteiger partial charge in [0, 0.05) is 46.2 Å². The van der Waals surface area contributed by atoms with Crippen LogP contribution in [0.1, 0.15) is 26.7 Å². The Balaban J connectivity index is 0.00000400. The molecule has 0 aromatic heterocycles. The zero-order valence-electron chi connectivity index (χ0n) is 13.4. The molecule has 0 unspecified atom stereocenters. The predicted octanol–water partition coefficient (Wildman–Crippen LogP) is 1.88. The number of thioether (sulfide) groups is 1. The molecule has 1 fully saturated rings. The van der Waals surface area contributed by atoms with Gasteiger partial charge in [0.1, 0.15) is 0 Å². The lowest BCUT2D eigenvalue weighted by Crippen LogP contribution is -2.53. The summed E-state index contributed by atoms with van der Waals surface area (Å²) in [6.45, 7) is 8.84. The Bertz CT molecular complexity index is 320. The summed E-state index contributed by atoms with van der Waals surface area (Å²) in [5, 5.41) is 3.35. The number of halogens is 1. The van der Waals surface area contributed by atoms with Gasteiger partial charge < -0.3 is 15.1 Å². The van der Waals surface area contributed by atoms with E-state index in [0.29, 0.717) is 0 Å². The van der Waals surface area contributed by atoms with E-state index in [0.717, 1.165) is 51.6 Å². The molecule has 1 saturated heterocycles. The molecule has 124 valence electrons. The van der Waals surface area contributed by atoms with Crippen molar-refractivity contribution in [2.75, 3.05) is 51.3 Å². The molecular formula is C14H29IN4OS. The van der Waals surface area contributed by atoms with Crippen LogP contribution in [0.4, 0.5) is 0 Å². The topological polar surface area (TPSA) is 47.9 Å². The quantitative estimate of drug-likeness (QED) is 0.304. The van der Waals surface area contributed by atoms with Crippen molar-refractivity contribution in [2.45, 2.75) is 26.7 Å². The van der Waals surface area contributed by atoms with Gasteiger partial charge in [-0.2, -0.15) is 11.8 Å². The summed E-state index contributed by atoms with van der Waals surface area (Å²) in [5.41, 5.74) is 0. The maximum absolute atomic E-state index is 11.3. The van der Waals surface area contributed by atoms with E-state index in [2.05, 4.69) is 23.4 Å². The maximum Gasteiger partial charge on any atom is 0.219 e. The Labute approximate surface area is 150 Å². The van der Waals surface area contributed by atoms with Crippen molar-refractivity contribution in [1.82, 2.24) is 15.1 Å². The van der Waals surface area contributed by atoms with E-state index in [4.69, 9.17) is 4.99 Å². The van der Waals surface area contributed by atoms with Crippen LogP contribution in [0.3, 0.4) is 0 Å². The summed E-state index contributed by atoms with van der Waals surface area (Å²) in [6.07, 6.45) is 4.51. The zero-order valence-corrected chi connectivity index (χ0v) is 16.6. The molecule has 1 rings (SSSR count). The normalized spacial score (nSPS) is 15.7. The number of unbranched alkanes of at least 4 members (excludes halogenated alkanes) is 1. The standard InChI is InChI=1S/C14H28N4OS.HI/c1-4-15-14(16-7-5-6-12-20-3)18-10-8-17(9-11-18)13(2)19;/h4-12H2,1-3H3,(H,15,16);1H. The van der Waals surface area contributed by atoms with Crippen molar-refractivity contribution in [1.29, 1.82) is 0 Å². The SMILES string of the molecule is CCNC(=NCCCCSC)N1CCN(C(C)=O)CC1.I. The number of aliphatic imine (C=N–C) groups is 1. The molecule has 21 heavy (non-hydrogen) atoms. The number of carbonyl (C=O) groups excluding carboxylic acids is 1. The maximum atomic E-state index is 11.3. The number of nitrogens with zero attached hydrogens (tertiary/aromatic N) is 3. The van der Waals surface area contributed by atoms with Crippen LogP contribution in [-0.2, 0) is 4.79 Å². The number of carbonyl (C=O) groups is 1. The fourth-order valence-electron chi connectivity index (χ4n) is 2.20. The van der Waals surface area contributed by atoms with Crippen molar-refractivity contribution in [2.24, 2.45) is 4.99 Å². The largest absolute Gasteiger partial charge is 0.357 e. The van der Waals surface area contributed by atoms with E-state index in [1.807, 2.05) is 16.7 Å². The van der Waals surface area contributed by atoms with Crippen molar-refractivity contribution in [3.8, 4) is 0 Å². The van der Waals surface area contributed by atoms with Gasteiger partial charge in [-0.3, -0.25) is 9.79 Å². The minimum Gasteiger partial charge on any atom is -0.357 e. The van der Waals surface area contributed by atoms with Gasteiger partial charge in [-0.25, -0.2) is 0 Å². The van der Waals surface area contributed by atoms with E-state index in [1.54, 1.807) is 6.92 Å². The van der Waals surface area contributed by atoms with Gasteiger partial charge in [-0.1, -0.05) is 0 Å². The van der Waals surface area contributed by atoms with Crippen LogP contribution < -0.4 is 5.32 Å². The molecule has 0 aromatic carbocycles. The number of rotatable bonds is 6. The van der Waals surface area contributed by atoms with Gasteiger partial charge in [0.2, 0.25) is 5.91 Å². The molecule has 1 aliphatic rings. The highest BCUT2D eigenvalue weighted by Gasteiger charge is 2.20. The molecule has 1 aliphatic heterocycles. The monoisotopic (exact) mass is 428 g/mol. The highest BCUT2D eigenvalue weighted by atomic mass is 127. The second-order valence-corrected chi connectivity index (χ2v) is 5.91. The Morgan fingerprint density at radius 2 is 1.81 bits per heavy atom. The molecule has 0 spiro atoms. The van der Waals surface area contributed by atoms with E-state index in [9.17, 15) is 4.79 Å². The van der Waals surface area contributed by atoms with Crippen molar-refractivity contribution in [3.05, 3.63) is 0 Å². The Morgan fingerprint density at radius 1 is 1.19 bits per heavy atom. The first-order valence-corrected chi connectivity index (χ1v) is 8.86. The lowest BCUT2D eigenvalue weighted by Gasteiger charge is -2.36. The van der Waals surface area contributed by atoms with Gasteiger partial charge in [-0.05, 0) is 31.8 Å². The third kappa shape index (κ3) is 8.13. The number of nitrogens with one attached hydrogen (secondary N) is 1. The minimum absolute atomic E-state index is 0. The molecule has 7 heteroatoms. The summed E-state index contributed by atoms with van der Waals surface area (Å²) < 4.78 is 0. The molecule has 1 N–H and O–H groups in total. The van der Waals surface area contributed by atoms with Crippen LogP contribution in [-0.4, -0.2) is 72.9 Å². The smallest absolute Gasteiger partial charge is 0.219 e. The number of hydrogen-bond acceptors (Lipinski definition) is 3. The van der Waals surface area contributed by atoms with Gasteiger partial charge in [0.15, 0.2) is 5.96 Å². The van der Waals surface area contributed by atoms with Crippen LogP contribution in [0.2, 0.25) is 0 Å². The fourth-order valence-corrected chi connectivity index (χ4v) is 2.69. The summed E-state index contributed by atoms with van der Waals surface area (Å²) in [5.74, 6) is 2.38. The first-order valence-electron chi connectivity index (χ1n) is 7.46. The molecular weight excluding hydrogens is 399 g/mol. The molecule has 1 amide bonds. The highest BCUT2D eigenvalue weighted by Crippen LogP contribution is 2.04. The highest BCUT2D eigenvalue weighted by molar-refractivity contribution is 14.0. The van der Waals surface area contributed by atoms with Crippen LogP contribution in [0, 0.1) is 0 Å². The molecule has 0 atom stereocenters. The lowest BCUT2D eigenvalue weighted by atomic mass is 10.3. The first-order chi connectivity index (χ1) is 9.69. The third-order valence-electron chi connectivity index (χ3n) is 3.38. The molecule has 0 radical (unpaired) electrons. The molecule has 0 bridgehead atoms. The van der Waals surface area contributed by atoms with Gasteiger partial charge in [0.25, 0.3) is 0 Å².